The summed E-state index contributed by atoms with van der Waals surface area (Å²) in [5.74, 6) is -1.15. The van der Waals surface area contributed by atoms with Gasteiger partial charge in [0, 0.05) is 34.6 Å². The normalized spacial score (nSPS) is 13.3. The molecule has 0 saturated carbocycles. The Morgan fingerprint density at radius 2 is 1.35 bits per heavy atom. The molecule has 8 N–H and O–H groups in total. The first-order valence-corrected chi connectivity index (χ1v) is 18.1. The van der Waals surface area contributed by atoms with Crippen LogP contribution in [0.5, 0.6) is 0 Å². The van der Waals surface area contributed by atoms with E-state index < -0.39 is 53.3 Å². The second-order valence-corrected chi connectivity index (χ2v) is 14.4. The van der Waals surface area contributed by atoms with Crippen LogP contribution in [0.1, 0.15) is 28.4 Å². The SMILES string of the molecule is CC(=O)Nc1ccc(NC(=O)Nc2ccc3c(c2)C=C(S(=O)(=O)[O-])/C(=N\Nc2ccc(N=Nc4c(Cl)cc(Cl)cc4S(=O)(=O)[O-])c(C)c2)C3=O)cc1.[NH4+].[Na+]. The number of hydrazone groups is 1. The number of Topliss-reactive ketones (excluding diaryl/α,β-unsaturated/α-hetero) is 1. The van der Waals surface area contributed by atoms with Gasteiger partial charge in [-0.15, -0.1) is 5.11 Å². The molecule has 0 heterocycles. The maximum atomic E-state index is 13.4. The quantitative estimate of drug-likeness (QED) is 0.0695. The number of aryl methyl sites for hydroxylation is 1. The molecule has 0 aliphatic heterocycles. The molecule has 17 nitrogen and oxygen atoms in total. The van der Waals surface area contributed by atoms with E-state index in [0.717, 1.165) is 12.1 Å². The van der Waals surface area contributed by atoms with Crippen molar-refractivity contribution in [1.82, 2.24) is 6.15 Å². The molecule has 22 heteroatoms. The number of carbonyl (C=O) groups excluding carboxylic acids is 3. The van der Waals surface area contributed by atoms with E-state index in [0.29, 0.717) is 16.9 Å². The number of allylic oxidation sites excluding steroid dienone is 1. The molecule has 3 amide bonds. The Hall–Kier alpha value is -4.54. The zero-order valence-corrected chi connectivity index (χ0v) is 33.7. The molecule has 0 saturated heterocycles. The summed E-state index contributed by atoms with van der Waals surface area (Å²) in [5.41, 5.74) is 3.46. The van der Waals surface area contributed by atoms with Crippen LogP contribution in [0.3, 0.4) is 0 Å². The summed E-state index contributed by atoms with van der Waals surface area (Å²) >= 11 is 11.9. The summed E-state index contributed by atoms with van der Waals surface area (Å²) in [4.78, 5) is 35.5. The van der Waals surface area contributed by atoms with Crippen molar-refractivity contribution in [3.05, 3.63) is 104 Å². The minimum Gasteiger partial charge on any atom is -0.744 e. The first-order chi connectivity index (χ1) is 24.4. The number of hydrogen-bond acceptors (Lipinski definition) is 13. The standard InChI is InChI=1S/C32H25Cl2N7O9S2.H3N.Na/c1-16-11-23(8-10-26(16)39-40-29-25(34)14-19(33)15-28(29)52(48,49)50)38-41-30-27(51(45,46)47)13-18-12-22(7-9-24(18)31(30)43)37-32(44)36-21-5-3-20(4-6-21)35-17(2)42;;/h3-15,38H,1-2H3,(H,35,42)(H2,36,37,44)(H,45,46,47)(H,48,49,50);1H3;/q;;+1/p-1/b40-39?,41-30+;;. The molecule has 0 atom stereocenters. The van der Waals surface area contributed by atoms with Crippen molar-refractivity contribution >= 4 is 107 Å². The Bertz CT molecular complexity index is 2480. The summed E-state index contributed by atoms with van der Waals surface area (Å²) in [6.07, 6.45) is 0.969. The smallest absolute Gasteiger partial charge is 0.744 e. The van der Waals surface area contributed by atoms with Crippen molar-refractivity contribution in [3.63, 3.8) is 0 Å². The number of hydrogen-bond donors (Lipinski definition) is 5. The number of quaternary nitrogens is 1. The van der Waals surface area contributed by atoms with Crippen LogP contribution in [0.2, 0.25) is 10.0 Å². The number of urea groups is 1. The molecular weight excluding hydrogens is 798 g/mol. The van der Waals surface area contributed by atoms with E-state index in [1.54, 1.807) is 31.2 Å². The van der Waals surface area contributed by atoms with Crippen molar-refractivity contribution in [2.75, 3.05) is 21.4 Å². The molecule has 0 aromatic heterocycles. The molecule has 276 valence electrons. The van der Waals surface area contributed by atoms with Gasteiger partial charge >= 0.3 is 35.6 Å². The molecular formula is C32H27Cl2N8NaO9S2. The van der Waals surface area contributed by atoms with Crippen molar-refractivity contribution in [1.29, 1.82) is 0 Å². The van der Waals surface area contributed by atoms with Gasteiger partial charge in [-0.25, -0.2) is 21.6 Å². The second-order valence-electron chi connectivity index (χ2n) is 10.9. The monoisotopic (exact) mass is 824 g/mol. The van der Waals surface area contributed by atoms with Gasteiger partial charge in [0.15, 0.2) is 0 Å². The van der Waals surface area contributed by atoms with Crippen LogP contribution in [-0.4, -0.2) is 49.4 Å². The number of nitrogens with zero attached hydrogens (tertiary/aromatic N) is 3. The zero-order valence-electron chi connectivity index (χ0n) is 28.6. The summed E-state index contributed by atoms with van der Waals surface area (Å²) in [7, 11) is -10.2. The van der Waals surface area contributed by atoms with Crippen molar-refractivity contribution < 1.29 is 69.9 Å². The fraction of sp³-hybridized carbons (Fsp3) is 0.0625. The van der Waals surface area contributed by atoms with Gasteiger partial charge < -0.3 is 31.2 Å². The first-order valence-electron chi connectivity index (χ1n) is 14.5. The minimum atomic E-state index is -5.23. The Balaban J connectivity index is 0.00000392. The van der Waals surface area contributed by atoms with Gasteiger partial charge in [0.25, 0.3) is 0 Å². The molecule has 0 bridgehead atoms. The fourth-order valence-corrected chi connectivity index (χ4v) is 6.69. The Morgan fingerprint density at radius 1 is 0.759 bits per heavy atom. The summed E-state index contributed by atoms with van der Waals surface area (Å²) in [6.45, 7) is 2.95. The number of ketones is 1. The molecule has 5 rings (SSSR count). The largest absolute Gasteiger partial charge is 1.00 e. The first kappa shape index (κ1) is 43.9. The van der Waals surface area contributed by atoms with Crippen LogP contribution in [-0.2, 0) is 25.0 Å². The average molecular weight is 826 g/mol. The fourth-order valence-electron chi connectivity index (χ4n) is 4.74. The van der Waals surface area contributed by atoms with Crippen LogP contribution in [0.15, 0.2) is 97.9 Å². The molecule has 4 aromatic rings. The van der Waals surface area contributed by atoms with Gasteiger partial charge in [0.1, 0.15) is 31.6 Å². The number of benzene rings is 4. The summed E-state index contributed by atoms with van der Waals surface area (Å²) < 4.78 is 71.8. The number of anilines is 4. The molecule has 1 aliphatic carbocycles. The van der Waals surface area contributed by atoms with Crippen molar-refractivity contribution in [2.45, 2.75) is 18.7 Å². The summed E-state index contributed by atoms with van der Waals surface area (Å²) in [5, 5.41) is 19.2. The number of nitrogens with one attached hydrogen (secondary N) is 4. The average Bonchev–Trinajstić information content (AvgIpc) is 3.04. The molecule has 54 heavy (non-hydrogen) atoms. The van der Waals surface area contributed by atoms with Gasteiger partial charge in [-0.1, -0.05) is 23.2 Å². The predicted molar refractivity (Wildman–Crippen MR) is 199 cm³/mol. The maximum Gasteiger partial charge on any atom is 1.00 e. The van der Waals surface area contributed by atoms with Crippen LogP contribution in [0, 0.1) is 6.92 Å². The predicted octanol–water partition coefficient (Wildman–Crippen LogP) is 4.15. The Kier molecular flexibility index (Phi) is 14.4. The maximum absolute atomic E-state index is 13.4. The second kappa shape index (κ2) is 17.7. The van der Waals surface area contributed by atoms with E-state index in [1.165, 1.54) is 49.4 Å². The number of azo groups is 1. The van der Waals surface area contributed by atoms with Crippen molar-refractivity contribution in [3.8, 4) is 0 Å². The third-order valence-electron chi connectivity index (χ3n) is 7.04. The topological polar surface area (TPSA) is 287 Å². The third-order valence-corrected chi connectivity index (χ3v) is 9.24. The van der Waals surface area contributed by atoms with Gasteiger partial charge in [-0.05, 0) is 96.9 Å². The summed E-state index contributed by atoms with van der Waals surface area (Å²) in [6, 6.07) is 16.0. The van der Waals surface area contributed by atoms with E-state index in [9.17, 15) is 40.3 Å². The molecule has 4 aromatic carbocycles. The molecule has 0 unspecified atom stereocenters. The van der Waals surface area contributed by atoms with Crippen molar-refractivity contribution in [2.24, 2.45) is 15.3 Å². The Labute approximate surface area is 340 Å². The molecule has 1 aliphatic rings. The van der Waals surface area contributed by atoms with Gasteiger partial charge in [-0.3, -0.25) is 15.0 Å². The van der Waals surface area contributed by atoms with Crippen LogP contribution >= 0.6 is 23.2 Å². The van der Waals surface area contributed by atoms with E-state index in [-0.39, 0.29) is 79.8 Å². The van der Waals surface area contributed by atoms with Crippen LogP contribution in [0.25, 0.3) is 6.08 Å². The minimum absolute atomic E-state index is 0. The number of rotatable bonds is 9. The number of amides is 3. The van der Waals surface area contributed by atoms with E-state index in [2.05, 4.69) is 36.7 Å². The van der Waals surface area contributed by atoms with E-state index in [1.807, 2.05) is 0 Å². The van der Waals surface area contributed by atoms with Crippen LogP contribution in [0.4, 0.5) is 38.9 Å². The van der Waals surface area contributed by atoms with Gasteiger partial charge in [0.2, 0.25) is 11.7 Å². The zero-order chi connectivity index (χ0) is 38.0. The Morgan fingerprint density at radius 3 is 1.94 bits per heavy atom. The molecule has 0 fully saturated rings. The molecule has 0 radical (unpaired) electrons. The van der Waals surface area contributed by atoms with Gasteiger partial charge in [-0.2, -0.15) is 10.2 Å². The van der Waals surface area contributed by atoms with Crippen LogP contribution < -0.4 is 57.1 Å². The number of fused-ring (bicyclic) bond motifs is 1. The van der Waals surface area contributed by atoms with Gasteiger partial charge in [0.05, 0.1) is 26.2 Å². The third kappa shape index (κ3) is 10.8. The van der Waals surface area contributed by atoms with E-state index >= 15 is 0 Å². The number of halogens is 2. The number of carbonyl (C=O) groups is 3. The molecule has 0 spiro atoms. The van der Waals surface area contributed by atoms with E-state index in [4.69, 9.17) is 23.2 Å².